The van der Waals surface area contributed by atoms with Gasteiger partial charge >= 0.3 is 0 Å². The summed E-state index contributed by atoms with van der Waals surface area (Å²) in [5, 5.41) is 7.38. The van der Waals surface area contributed by atoms with E-state index in [2.05, 4.69) is 55.7 Å². The summed E-state index contributed by atoms with van der Waals surface area (Å²) in [5.41, 5.74) is 0.474. The standard InChI is InChI=1S/C16H28N2/c1-4-16(2,3)10-12-18-15-9-11-17-14-8-6-5-7-13(14)15/h5-8,13-15,17-18H,4,9-12H2,1-3H3. The van der Waals surface area contributed by atoms with E-state index in [0.717, 1.165) is 13.1 Å². The first-order valence-electron chi connectivity index (χ1n) is 7.44. The smallest absolute Gasteiger partial charge is 0.0331 e. The minimum absolute atomic E-state index is 0.474. The van der Waals surface area contributed by atoms with Gasteiger partial charge in [-0.05, 0) is 31.3 Å². The van der Waals surface area contributed by atoms with E-state index in [9.17, 15) is 0 Å². The molecule has 2 N–H and O–H groups in total. The molecule has 3 unspecified atom stereocenters. The van der Waals surface area contributed by atoms with E-state index in [-0.39, 0.29) is 0 Å². The molecule has 0 radical (unpaired) electrons. The number of rotatable bonds is 5. The van der Waals surface area contributed by atoms with E-state index in [1.54, 1.807) is 0 Å². The average molecular weight is 248 g/mol. The largest absolute Gasteiger partial charge is 0.313 e. The Morgan fingerprint density at radius 2 is 2.06 bits per heavy atom. The topological polar surface area (TPSA) is 24.1 Å². The van der Waals surface area contributed by atoms with Gasteiger partial charge in [0.25, 0.3) is 0 Å². The highest BCUT2D eigenvalue weighted by Gasteiger charge is 2.30. The van der Waals surface area contributed by atoms with Crippen molar-refractivity contribution in [3.63, 3.8) is 0 Å². The molecular formula is C16H28N2. The van der Waals surface area contributed by atoms with E-state index in [1.807, 2.05) is 0 Å². The van der Waals surface area contributed by atoms with Crippen LogP contribution in [0.4, 0.5) is 0 Å². The van der Waals surface area contributed by atoms with Crippen molar-refractivity contribution in [3.05, 3.63) is 24.3 Å². The first kappa shape index (κ1) is 13.8. The van der Waals surface area contributed by atoms with Crippen LogP contribution in [-0.4, -0.2) is 25.2 Å². The molecule has 0 aromatic heterocycles. The van der Waals surface area contributed by atoms with Gasteiger partial charge in [0.1, 0.15) is 0 Å². The third-order valence-corrected chi connectivity index (χ3v) is 4.64. The highest BCUT2D eigenvalue weighted by molar-refractivity contribution is 5.20. The lowest BCUT2D eigenvalue weighted by atomic mass is 9.82. The molecule has 1 aliphatic heterocycles. The van der Waals surface area contributed by atoms with Gasteiger partial charge in [0, 0.05) is 18.0 Å². The summed E-state index contributed by atoms with van der Waals surface area (Å²) < 4.78 is 0. The van der Waals surface area contributed by atoms with Crippen LogP contribution in [0.1, 0.15) is 40.0 Å². The first-order valence-corrected chi connectivity index (χ1v) is 7.44. The lowest BCUT2D eigenvalue weighted by Gasteiger charge is -2.38. The molecule has 1 saturated heterocycles. The molecule has 102 valence electrons. The summed E-state index contributed by atoms with van der Waals surface area (Å²) >= 11 is 0. The monoisotopic (exact) mass is 248 g/mol. The minimum Gasteiger partial charge on any atom is -0.313 e. The second kappa shape index (κ2) is 6.03. The molecule has 2 rings (SSSR count). The zero-order valence-corrected chi connectivity index (χ0v) is 12.1. The summed E-state index contributed by atoms with van der Waals surface area (Å²) in [6.07, 6.45) is 12.8. The Kier molecular flexibility index (Phi) is 4.63. The van der Waals surface area contributed by atoms with Crippen LogP contribution in [0.25, 0.3) is 0 Å². The summed E-state index contributed by atoms with van der Waals surface area (Å²) in [7, 11) is 0. The molecule has 18 heavy (non-hydrogen) atoms. The van der Waals surface area contributed by atoms with E-state index in [1.165, 1.54) is 19.3 Å². The quantitative estimate of drug-likeness (QED) is 0.782. The van der Waals surface area contributed by atoms with Crippen molar-refractivity contribution in [2.24, 2.45) is 11.3 Å². The number of hydrogen-bond donors (Lipinski definition) is 2. The third-order valence-electron chi connectivity index (χ3n) is 4.64. The predicted octanol–water partition coefficient (Wildman–Crippen LogP) is 2.88. The van der Waals surface area contributed by atoms with E-state index < -0.39 is 0 Å². The first-order chi connectivity index (χ1) is 8.62. The Bertz CT molecular complexity index is 317. The van der Waals surface area contributed by atoms with Crippen molar-refractivity contribution in [2.75, 3.05) is 13.1 Å². The molecule has 0 bridgehead atoms. The van der Waals surface area contributed by atoms with Gasteiger partial charge in [0.2, 0.25) is 0 Å². The Hall–Kier alpha value is -0.600. The summed E-state index contributed by atoms with van der Waals surface area (Å²) in [5.74, 6) is 0.633. The lowest BCUT2D eigenvalue weighted by molar-refractivity contribution is 0.255. The van der Waals surface area contributed by atoms with Crippen molar-refractivity contribution in [3.8, 4) is 0 Å². The molecule has 0 amide bonds. The van der Waals surface area contributed by atoms with Crippen molar-refractivity contribution < 1.29 is 0 Å². The summed E-state index contributed by atoms with van der Waals surface area (Å²) in [6.45, 7) is 9.29. The molecule has 1 fully saturated rings. The minimum atomic E-state index is 0.474. The summed E-state index contributed by atoms with van der Waals surface area (Å²) in [4.78, 5) is 0. The van der Waals surface area contributed by atoms with Gasteiger partial charge in [-0.15, -0.1) is 0 Å². The third kappa shape index (κ3) is 3.46. The Labute approximate surface area is 112 Å². The van der Waals surface area contributed by atoms with Crippen LogP contribution < -0.4 is 10.6 Å². The van der Waals surface area contributed by atoms with Gasteiger partial charge in [-0.2, -0.15) is 0 Å². The number of nitrogens with one attached hydrogen (secondary N) is 2. The molecule has 1 aliphatic carbocycles. The predicted molar refractivity (Wildman–Crippen MR) is 78.7 cm³/mol. The number of fused-ring (bicyclic) bond motifs is 1. The fourth-order valence-corrected chi connectivity index (χ4v) is 2.82. The van der Waals surface area contributed by atoms with Gasteiger partial charge < -0.3 is 10.6 Å². The van der Waals surface area contributed by atoms with Crippen LogP contribution >= 0.6 is 0 Å². The highest BCUT2D eigenvalue weighted by Crippen LogP contribution is 2.25. The van der Waals surface area contributed by atoms with E-state index in [0.29, 0.717) is 23.4 Å². The number of allylic oxidation sites excluding steroid dienone is 2. The Balaban J connectivity index is 1.82. The molecule has 0 saturated carbocycles. The van der Waals surface area contributed by atoms with Gasteiger partial charge in [-0.3, -0.25) is 0 Å². The molecule has 0 aromatic rings. The van der Waals surface area contributed by atoms with Crippen LogP contribution in [0, 0.1) is 11.3 Å². The van der Waals surface area contributed by atoms with Crippen LogP contribution in [0.3, 0.4) is 0 Å². The van der Waals surface area contributed by atoms with E-state index in [4.69, 9.17) is 0 Å². The van der Waals surface area contributed by atoms with Gasteiger partial charge in [0.15, 0.2) is 0 Å². The number of piperidine rings is 1. The maximum atomic E-state index is 3.79. The van der Waals surface area contributed by atoms with Gasteiger partial charge in [-0.1, -0.05) is 51.5 Å². The molecular weight excluding hydrogens is 220 g/mol. The summed E-state index contributed by atoms with van der Waals surface area (Å²) in [6, 6.07) is 1.19. The highest BCUT2D eigenvalue weighted by atomic mass is 15.0. The Morgan fingerprint density at radius 1 is 1.28 bits per heavy atom. The van der Waals surface area contributed by atoms with Crippen molar-refractivity contribution >= 4 is 0 Å². The molecule has 3 atom stereocenters. The molecule has 0 aromatic carbocycles. The van der Waals surface area contributed by atoms with Gasteiger partial charge in [-0.25, -0.2) is 0 Å². The fourth-order valence-electron chi connectivity index (χ4n) is 2.82. The maximum absolute atomic E-state index is 3.79. The second-order valence-corrected chi connectivity index (χ2v) is 6.44. The number of hydrogen-bond acceptors (Lipinski definition) is 2. The van der Waals surface area contributed by atoms with Crippen molar-refractivity contribution in [1.82, 2.24) is 10.6 Å². The maximum Gasteiger partial charge on any atom is 0.0331 e. The van der Waals surface area contributed by atoms with E-state index >= 15 is 0 Å². The van der Waals surface area contributed by atoms with Crippen molar-refractivity contribution in [2.45, 2.75) is 52.1 Å². The molecule has 1 heterocycles. The average Bonchev–Trinajstić information content (AvgIpc) is 2.39. The molecule has 2 heteroatoms. The van der Waals surface area contributed by atoms with Gasteiger partial charge in [0.05, 0.1) is 0 Å². The van der Waals surface area contributed by atoms with Crippen LogP contribution in [0.5, 0.6) is 0 Å². The zero-order valence-electron chi connectivity index (χ0n) is 12.1. The normalized spacial score (nSPS) is 31.4. The molecule has 0 spiro atoms. The SMILES string of the molecule is CCC(C)(C)CCNC1CCNC2C=CC=CC21. The molecule has 2 aliphatic rings. The second-order valence-electron chi connectivity index (χ2n) is 6.44. The lowest BCUT2D eigenvalue weighted by Crippen LogP contribution is -2.53. The van der Waals surface area contributed by atoms with Crippen LogP contribution in [0.15, 0.2) is 24.3 Å². The van der Waals surface area contributed by atoms with Crippen LogP contribution in [0.2, 0.25) is 0 Å². The van der Waals surface area contributed by atoms with Crippen LogP contribution in [-0.2, 0) is 0 Å². The van der Waals surface area contributed by atoms with Crippen molar-refractivity contribution in [1.29, 1.82) is 0 Å². The fraction of sp³-hybridized carbons (Fsp3) is 0.750. The zero-order chi connectivity index (χ0) is 13.0. The molecule has 2 nitrogen and oxygen atoms in total. The Morgan fingerprint density at radius 3 is 2.83 bits per heavy atom.